The van der Waals surface area contributed by atoms with Crippen LogP contribution in [0.25, 0.3) is 55.0 Å². The molecule has 164 valence electrons. The van der Waals surface area contributed by atoms with Crippen molar-refractivity contribution in [3.8, 4) is 5.69 Å². The zero-order valence-electron chi connectivity index (χ0n) is 19.5. The minimum Gasteiger partial charge on any atom is -0.310 e. The van der Waals surface area contributed by atoms with Gasteiger partial charge in [0.05, 0.1) is 22.1 Å². The first-order valence-electron chi connectivity index (χ1n) is 12.1. The van der Waals surface area contributed by atoms with Gasteiger partial charge in [0.1, 0.15) is 0 Å². The van der Waals surface area contributed by atoms with E-state index in [1.54, 1.807) is 0 Å². The van der Waals surface area contributed by atoms with Gasteiger partial charge in [-0.05, 0) is 61.7 Å². The predicted octanol–water partition coefficient (Wildman–Crippen LogP) is 8.64. The Labute approximate surface area is 199 Å². The van der Waals surface area contributed by atoms with Crippen LogP contribution in [0.2, 0.25) is 0 Å². The second kappa shape index (κ2) is 7.23. The molecule has 34 heavy (non-hydrogen) atoms. The van der Waals surface area contributed by atoms with Crippen molar-refractivity contribution in [3.05, 3.63) is 109 Å². The van der Waals surface area contributed by atoms with Crippen LogP contribution < -0.4 is 0 Å². The smallest absolute Gasteiger partial charge is 0.0548 e. The van der Waals surface area contributed by atoms with Crippen molar-refractivity contribution in [2.75, 3.05) is 0 Å². The average Bonchev–Trinajstić information content (AvgIpc) is 3.38. The molecule has 0 fully saturated rings. The van der Waals surface area contributed by atoms with E-state index >= 15 is 0 Å². The Balaban J connectivity index is 1.66. The minimum atomic E-state index is 0.594. The molecule has 0 unspecified atom stereocenters. The highest BCUT2D eigenvalue weighted by atomic mass is 15.0. The number of aryl methyl sites for hydroxylation is 1. The Morgan fingerprint density at radius 2 is 1.24 bits per heavy atom. The van der Waals surface area contributed by atoms with E-state index in [1.807, 2.05) is 0 Å². The molecule has 0 spiro atoms. The van der Waals surface area contributed by atoms with Gasteiger partial charge in [-0.3, -0.25) is 0 Å². The molecule has 7 rings (SSSR count). The van der Waals surface area contributed by atoms with Gasteiger partial charge >= 0.3 is 0 Å². The summed E-state index contributed by atoms with van der Waals surface area (Å²) in [4.78, 5) is 0. The fourth-order valence-corrected chi connectivity index (χ4v) is 5.65. The van der Waals surface area contributed by atoms with Crippen molar-refractivity contribution < 1.29 is 0 Å². The molecule has 0 radical (unpaired) electrons. The molecule has 0 saturated carbocycles. The molecule has 0 saturated heterocycles. The maximum absolute atomic E-state index is 2.45. The Hall–Kier alpha value is -4.04. The summed E-state index contributed by atoms with van der Waals surface area (Å²) in [5, 5.41) is 5.27. The standard InChI is InChI=1S/C32H26N2/c1-21-11-15-23(16-12-21)33-27-9-5-3-7-25(27)31-29(33)19-20-30-32(31)26-8-4-6-10-28(26)34(30)24-17-13-22(2)14-18-24/h3-13,15-20,22H,14H2,1-2H3/t22-/m0/s1. The number of para-hydroxylation sites is 2. The molecule has 0 aliphatic heterocycles. The lowest BCUT2D eigenvalue weighted by molar-refractivity contribution is 0.735. The van der Waals surface area contributed by atoms with Crippen LogP contribution in [0.5, 0.6) is 0 Å². The largest absolute Gasteiger partial charge is 0.310 e. The molecule has 2 aromatic heterocycles. The second-order valence-electron chi connectivity index (χ2n) is 9.60. The molecule has 6 aromatic rings. The summed E-state index contributed by atoms with van der Waals surface area (Å²) in [7, 11) is 0. The maximum Gasteiger partial charge on any atom is 0.0548 e. The summed E-state index contributed by atoms with van der Waals surface area (Å²) in [5.74, 6) is 0.594. The zero-order valence-corrected chi connectivity index (χ0v) is 19.5. The molecule has 2 heterocycles. The lowest BCUT2D eigenvalue weighted by Gasteiger charge is -2.15. The number of hydrogen-bond donors (Lipinski definition) is 0. The zero-order chi connectivity index (χ0) is 22.8. The molecule has 2 nitrogen and oxygen atoms in total. The first-order chi connectivity index (χ1) is 16.7. The summed E-state index contributed by atoms with van der Waals surface area (Å²) in [6.45, 7) is 4.42. The van der Waals surface area contributed by atoms with E-state index in [-0.39, 0.29) is 0 Å². The quantitative estimate of drug-likeness (QED) is 0.256. The van der Waals surface area contributed by atoms with Crippen LogP contribution in [0.4, 0.5) is 0 Å². The van der Waals surface area contributed by atoms with Gasteiger partial charge in [-0.25, -0.2) is 0 Å². The fraction of sp³-hybridized carbons (Fsp3) is 0.125. The number of nitrogens with zero attached hydrogens (tertiary/aromatic N) is 2. The third-order valence-corrected chi connectivity index (χ3v) is 7.32. The molecule has 1 atom stereocenters. The number of hydrogen-bond acceptors (Lipinski definition) is 0. The molecule has 1 aliphatic rings. The van der Waals surface area contributed by atoms with Crippen LogP contribution in [-0.4, -0.2) is 9.13 Å². The Morgan fingerprint density at radius 3 is 1.85 bits per heavy atom. The highest BCUT2D eigenvalue weighted by Gasteiger charge is 2.20. The third kappa shape index (κ3) is 2.69. The maximum atomic E-state index is 2.45. The van der Waals surface area contributed by atoms with Gasteiger partial charge < -0.3 is 9.13 Å². The summed E-state index contributed by atoms with van der Waals surface area (Å²) in [5.41, 5.74) is 8.78. The SMILES string of the molecule is Cc1ccc(-n2c3ccccc3c3c4c5ccccc5n(C5=CC[C@@H](C)C=C5)c4ccc32)cc1. The molecule has 0 N–H and O–H groups in total. The van der Waals surface area contributed by atoms with Crippen molar-refractivity contribution in [2.45, 2.75) is 20.3 Å². The number of rotatable bonds is 2. The van der Waals surface area contributed by atoms with Gasteiger partial charge in [0.15, 0.2) is 0 Å². The second-order valence-corrected chi connectivity index (χ2v) is 9.60. The summed E-state index contributed by atoms with van der Waals surface area (Å²) in [6, 6.07) is 31.2. The Kier molecular flexibility index (Phi) is 4.13. The van der Waals surface area contributed by atoms with Crippen LogP contribution >= 0.6 is 0 Å². The van der Waals surface area contributed by atoms with Crippen molar-refractivity contribution in [2.24, 2.45) is 5.92 Å². The predicted molar refractivity (Wildman–Crippen MR) is 146 cm³/mol. The topological polar surface area (TPSA) is 9.86 Å². The van der Waals surface area contributed by atoms with E-state index in [4.69, 9.17) is 0 Å². The summed E-state index contributed by atoms with van der Waals surface area (Å²) >= 11 is 0. The highest BCUT2D eigenvalue weighted by molar-refractivity contribution is 6.29. The Bertz CT molecular complexity index is 1790. The fourth-order valence-electron chi connectivity index (χ4n) is 5.65. The molecule has 0 amide bonds. The number of fused-ring (bicyclic) bond motifs is 7. The van der Waals surface area contributed by atoms with Crippen LogP contribution in [-0.2, 0) is 0 Å². The van der Waals surface area contributed by atoms with Crippen LogP contribution in [0.1, 0.15) is 18.9 Å². The number of aromatic nitrogens is 2. The van der Waals surface area contributed by atoms with Gasteiger partial charge in [-0.1, -0.05) is 73.2 Å². The molecular formula is C32H26N2. The van der Waals surface area contributed by atoms with E-state index in [1.165, 1.54) is 60.6 Å². The normalized spacial score (nSPS) is 16.2. The molecular weight excluding hydrogens is 412 g/mol. The van der Waals surface area contributed by atoms with Gasteiger partial charge in [0.25, 0.3) is 0 Å². The Morgan fingerprint density at radius 1 is 0.647 bits per heavy atom. The molecule has 4 aromatic carbocycles. The number of benzene rings is 4. The highest BCUT2D eigenvalue weighted by Crippen LogP contribution is 2.42. The van der Waals surface area contributed by atoms with Gasteiger partial charge in [-0.15, -0.1) is 0 Å². The summed E-state index contributed by atoms with van der Waals surface area (Å²) in [6.07, 6.45) is 8.09. The first kappa shape index (κ1) is 19.4. The first-order valence-corrected chi connectivity index (χ1v) is 12.1. The molecule has 2 heteroatoms. The lowest BCUT2D eigenvalue weighted by atomic mass is 10.0. The molecule has 1 aliphatic carbocycles. The van der Waals surface area contributed by atoms with E-state index in [0.717, 1.165) is 6.42 Å². The summed E-state index contributed by atoms with van der Waals surface area (Å²) < 4.78 is 4.86. The van der Waals surface area contributed by atoms with Gasteiger partial charge in [0, 0.05) is 32.9 Å². The van der Waals surface area contributed by atoms with Crippen molar-refractivity contribution in [1.29, 1.82) is 0 Å². The van der Waals surface area contributed by atoms with E-state index < -0.39 is 0 Å². The van der Waals surface area contributed by atoms with Crippen LogP contribution in [0.3, 0.4) is 0 Å². The lowest BCUT2D eigenvalue weighted by Crippen LogP contribution is -2.00. The van der Waals surface area contributed by atoms with Crippen molar-refractivity contribution >= 4 is 49.3 Å². The van der Waals surface area contributed by atoms with Gasteiger partial charge in [0.2, 0.25) is 0 Å². The third-order valence-electron chi connectivity index (χ3n) is 7.32. The van der Waals surface area contributed by atoms with Crippen LogP contribution in [0, 0.1) is 12.8 Å². The van der Waals surface area contributed by atoms with Crippen LogP contribution in [0.15, 0.2) is 103 Å². The van der Waals surface area contributed by atoms with Crippen molar-refractivity contribution in [1.82, 2.24) is 9.13 Å². The van der Waals surface area contributed by atoms with E-state index in [0.29, 0.717) is 5.92 Å². The van der Waals surface area contributed by atoms with Crippen molar-refractivity contribution in [3.63, 3.8) is 0 Å². The monoisotopic (exact) mass is 438 g/mol. The minimum absolute atomic E-state index is 0.594. The average molecular weight is 439 g/mol. The number of allylic oxidation sites excluding steroid dienone is 4. The van der Waals surface area contributed by atoms with E-state index in [9.17, 15) is 0 Å². The van der Waals surface area contributed by atoms with Gasteiger partial charge in [-0.2, -0.15) is 0 Å². The van der Waals surface area contributed by atoms with E-state index in [2.05, 4.69) is 126 Å². The molecule has 0 bridgehead atoms.